The lowest BCUT2D eigenvalue weighted by Crippen LogP contribution is -2.42. The van der Waals surface area contributed by atoms with Crippen molar-refractivity contribution in [3.63, 3.8) is 0 Å². The summed E-state index contributed by atoms with van der Waals surface area (Å²) in [5.74, 6) is 1.59. The average Bonchev–Trinajstić information content (AvgIpc) is 2.52. The van der Waals surface area contributed by atoms with Crippen LogP contribution in [0.3, 0.4) is 0 Å². The maximum atomic E-state index is 12.0. The standard InChI is InChI=1S/C17H20N2O4/c1-5-8-19(10-11(2)17(21)22)13-6-7-15-14(9-13)18(4)16(20)12(3)23-15/h1,6-7,9,11-12H,8,10H2,2-4H3,(H,21,22). The molecule has 1 N–H and O–H groups in total. The zero-order valence-electron chi connectivity index (χ0n) is 13.4. The number of hydrogen-bond donors (Lipinski definition) is 1. The van der Waals surface area contributed by atoms with Gasteiger partial charge in [-0.05, 0) is 25.1 Å². The fourth-order valence-corrected chi connectivity index (χ4v) is 2.48. The Hall–Kier alpha value is -2.68. The Labute approximate surface area is 135 Å². The third-order valence-electron chi connectivity index (χ3n) is 3.85. The number of aliphatic carboxylic acids is 1. The summed E-state index contributed by atoms with van der Waals surface area (Å²) in [6.45, 7) is 3.90. The first-order valence-corrected chi connectivity index (χ1v) is 7.34. The van der Waals surface area contributed by atoms with Crippen LogP contribution in [-0.4, -0.2) is 43.2 Å². The van der Waals surface area contributed by atoms with Gasteiger partial charge in [-0.1, -0.05) is 12.8 Å². The molecule has 23 heavy (non-hydrogen) atoms. The van der Waals surface area contributed by atoms with Crippen LogP contribution in [-0.2, 0) is 9.59 Å². The summed E-state index contributed by atoms with van der Waals surface area (Å²) in [5.41, 5.74) is 1.41. The number of nitrogens with zero attached hydrogens (tertiary/aromatic N) is 2. The molecule has 0 aliphatic carbocycles. The van der Waals surface area contributed by atoms with E-state index in [4.69, 9.17) is 16.3 Å². The van der Waals surface area contributed by atoms with Crippen LogP contribution < -0.4 is 14.5 Å². The predicted octanol–water partition coefficient (Wildman–Crippen LogP) is 1.59. The summed E-state index contributed by atoms with van der Waals surface area (Å²) in [6.07, 6.45) is 4.87. The Morgan fingerprint density at radius 1 is 1.57 bits per heavy atom. The fourth-order valence-electron chi connectivity index (χ4n) is 2.48. The minimum absolute atomic E-state index is 0.128. The van der Waals surface area contributed by atoms with Gasteiger partial charge < -0.3 is 19.6 Å². The number of likely N-dealkylation sites (N-methyl/N-ethyl adjacent to an activating group) is 1. The van der Waals surface area contributed by atoms with E-state index in [1.807, 2.05) is 6.07 Å². The lowest BCUT2D eigenvalue weighted by Gasteiger charge is -2.32. The molecule has 0 radical (unpaired) electrons. The number of carboxylic acids is 1. The summed E-state index contributed by atoms with van der Waals surface area (Å²) in [7, 11) is 1.69. The van der Waals surface area contributed by atoms with Crippen LogP contribution in [0, 0.1) is 18.3 Å². The molecular weight excluding hydrogens is 296 g/mol. The van der Waals surface area contributed by atoms with Gasteiger partial charge in [0.2, 0.25) is 0 Å². The molecule has 0 spiro atoms. The van der Waals surface area contributed by atoms with E-state index in [1.165, 1.54) is 0 Å². The Morgan fingerprint density at radius 2 is 2.26 bits per heavy atom. The highest BCUT2D eigenvalue weighted by molar-refractivity contribution is 5.99. The summed E-state index contributed by atoms with van der Waals surface area (Å²) >= 11 is 0. The molecule has 2 rings (SSSR count). The quantitative estimate of drug-likeness (QED) is 0.836. The first kappa shape index (κ1) is 16.7. The topological polar surface area (TPSA) is 70.1 Å². The zero-order valence-corrected chi connectivity index (χ0v) is 13.4. The molecule has 1 aliphatic heterocycles. The van der Waals surface area contributed by atoms with E-state index < -0.39 is 18.0 Å². The van der Waals surface area contributed by atoms with E-state index in [0.717, 1.165) is 5.69 Å². The Morgan fingerprint density at radius 3 is 2.87 bits per heavy atom. The lowest BCUT2D eigenvalue weighted by molar-refractivity contribution is -0.140. The van der Waals surface area contributed by atoms with Gasteiger partial charge in [-0.2, -0.15) is 0 Å². The number of amides is 1. The van der Waals surface area contributed by atoms with Gasteiger partial charge in [-0.25, -0.2) is 0 Å². The molecule has 1 aliphatic rings. The minimum Gasteiger partial charge on any atom is -0.481 e. The second-order valence-corrected chi connectivity index (χ2v) is 5.63. The molecule has 1 heterocycles. The number of carbonyl (C=O) groups excluding carboxylic acids is 1. The van der Waals surface area contributed by atoms with E-state index in [2.05, 4.69) is 5.92 Å². The molecule has 1 aromatic carbocycles. The van der Waals surface area contributed by atoms with Gasteiger partial charge in [0.25, 0.3) is 5.91 Å². The average molecular weight is 316 g/mol. The van der Waals surface area contributed by atoms with Gasteiger partial charge in [0.05, 0.1) is 18.2 Å². The summed E-state index contributed by atoms with van der Waals surface area (Å²) in [4.78, 5) is 26.5. The van der Waals surface area contributed by atoms with Gasteiger partial charge in [0.1, 0.15) is 5.75 Å². The number of benzene rings is 1. The van der Waals surface area contributed by atoms with Crippen molar-refractivity contribution in [2.24, 2.45) is 5.92 Å². The highest BCUT2D eigenvalue weighted by atomic mass is 16.5. The van der Waals surface area contributed by atoms with Crippen LogP contribution in [0.5, 0.6) is 5.75 Å². The van der Waals surface area contributed by atoms with Crippen molar-refractivity contribution in [3.8, 4) is 18.1 Å². The van der Waals surface area contributed by atoms with Crippen LogP contribution in [0.1, 0.15) is 13.8 Å². The summed E-state index contributed by atoms with van der Waals surface area (Å²) in [6, 6.07) is 5.39. The van der Waals surface area contributed by atoms with Crippen molar-refractivity contribution in [3.05, 3.63) is 18.2 Å². The number of terminal acetylenes is 1. The third-order valence-corrected chi connectivity index (χ3v) is 3.85. The molecule has 1 amide bonds. The molecule has 0 aromatic heterocycles. The van der Waals surface area contributed by atoms with E-state index in [9.17, 15) is 9.59 Å². The normalized spacial score (nSPS) is 17.7. The van der Waals surface area contributed by atoms with E-state index in [0.29, 0.717) is 11.4 Å². The molecule has 0 saturated heterocycles. The van der Waals surface area contributed by atoms with E-state index in [-0.39, 0.29) is 19.0 Å². The van der Waals surface area contributed by atoms with Gasteiger partial charge in [-0.15, -0.1) is 6.42 Å². The van der Waals surface area contributed by atoms with Crippen molar-refractivity contribution in [1.82, 2.24) is 0 Å². The molecule has 0 bridgehead atoms. The Bertz CT molecular complexity index is 665. The lowest BCUT2D eigenvalue weighted by atomic mass is 10.1. The molecular formula is C17H20N2O4. The minimum atomic E-state index is -0.880. The van der Waals surface area contributed by atoms with Crippen LogP contribution in [0.2, 0.25) is 0 Å². The molecule has 1 aromatic rings. The van der Waals surface area contributed by atoms with Gasteiger partial charge in [0.15, 0.2) is 6.10 Å². The van der Waals surface area contributed by atoms with Crippen LogP contribution >= 0.6 is 0 Å². The second kappa shape index (κ2) is 6.61. The fraction of sp³-hybridized carbons (Fsp3) is 0.412. The summed E-state index contributed by atoms with van der Waals surface area (Å²) in [5, 5.41) is 9.09. The number of carboxylic acid groups (broad SMARTS) is 1. The predicted molar refractivity (Wildman–Crippen MR) is 87.8 cm³/mol. The monoisotopic (exact) mass is 316 g/mol. The first-order valence-electron chi connectivity index (χ1n) is 7.34. The SMILES string of the molecule is C#CCN(CC(C)C(=O)O)c1ccc2c(c1)N(C)C(=O)C(C)O2. The maximum Gasteiger partial charge on any atom is 0.308 e. The van der Waals surface area contributed by atoms with E-state index >= 15 is 0 Å². The highest BCUT2D eigenvalue weighted by Crippen LogP contribution is 2.36. The van der Waals surface area contributed by atoms with Crippen molar-refractivity contribution >= 4 is 23.3 Å². The first-order chi connectivity index (χ1) is 10.8. The highest BCUT2D eigenvalue weighted by Gasteiger charge is 2.29. The van der Waals surface area contributed by atoms with Crippen molar-refractivity contribution in [1.29, 1.82) is 0 Å². The molecule has 122 valence electrons. The number of carbonyl (C=O) groups is 2. The molecule has 0 fully saturated rings. The van der Waals surface area contributed by atoms with Gasteiger partial charge >= 0.3 is 5.97 Å². The number of rotatable bonds is 5. The van der Waals surface area contributed by atoms with Crippen molar-refractivity contribution < 1.29 is 19.4 Å². The smallest absolute Gasteiger partial charge is 0.308 e. The Kier molecular flexibility index (Phi) is 4.80. The maximum absolute atomic E-state index is 12.0. The number of fused-ring (bicyclic) bond motifs is 1. The summed E-state index contributed by atoms with van der Waals surface area (Å²) < 4.78 is 5.58. The molecule has 2 unspecified atom stereocenters. The van der Waals surface area contributed by atoms with Crippen molar-refractivity contribution in [2.75, 3.05) is 29.9 Å². The van der Waals surface area contributed by atoms with E-state index in [1.54, 1.807) is 42.8 Å². The van der Waals surface area contributed by atoms with Crippen molar-refractivity contribution in [2.45, 2.75) is 20.0 Å². The van der Waals surface area contributed by atoms with Crippen LogP contribution in [0.25, 0.3) is 0 Å². The van der Waals surface area contributed by atoms with Gasteiger partial charge in [0, 0.05) is 19.3 Å². The van der Waals surface area contributed by atoms with Crippen LogP contribution in [0.15, 0.2) is 18.2 Å². The van der Waals surface area contributed by atoms with Crippen LogP contribution in [0.4, 0.5) is 11.4 Å². The number of anilines is 2. The molecule has 0 saturated carbocycles. The second-order valence-electron chi connectivity index (χ2n) is 5.63. The molecule has 6 heteroatoms. The molecule has 2 atom stereocenters. The largest absolute Gasteiger partial charge is 0.481 e. The Balaban J connectivity index is 2.33. The zero-order chi connectivity index (χ0) is 17.1. The number of hydrogen-bond acceptors (Lipinski definition) is 4. The number of ether oxygens (including phenoxy) is 1. The molecule has 6 nitrogen and oxygen atoms in total. The van der Waals surface area contributed by atoms with Gasteiger partial charge in [-0.3, -0.25) is 9.59 Å². The third kappa shape index (κ3) is 3.39.